The third-order valence-corrected chi connectivity index (χ3v) is 7.11. The van der Waals surface area contributed by atoms with Crippen LogP contribution in [0.1, 0.15) is 74.0 Å². The highest BCUT2D eigenvalue weighted by Gasteiger charge is 2.41. The van der Waals surface area contributed by atoms with Gasteiger partial charge in [-0.15, -0.1) is 0 Å². The molecule has 5 heteroatoms. The molecule has 5 rings (SSSR count). The number of rotatable bonds is 5. The van der Waals surface area contributed by atoms with Gasteiger partial charge in [0.25, 0.3) is 0 Å². The van der Waals surface area contributed by atoms with Crippen molar-refractivity contribution in [2.75, 3.05) is 4.90 Å². The fourth-order valence-electron chi connectivity index (χ4n) is 5.08. The summed E-state index contributed by atoms with van der Waals surface area (Å²) in [5.74, 6) is 0. The van der Waals surface area contributed by atoms with Crippen molar-refractivity contribution in [2.45, 2.75) is 63.6 Å². The van der Waals surface area contributed by atoms with E-state index in [9.17, 15) is 0 Å². The van der Waals surface area contributed by atoms with Crippen molar-refractivity contribution >= 4 is 23.0 Å². The summed E-state index contributed by atoms with van der Waals surface area (Å²) in [7, 11) is 0. The average molecular weight is 431 g/mol. The van der Waals surface area contributed by atoms with Crippen molar-refractivity contribution in [3.8, 4) is 0 Å². The van der Waals surface area contributed by atoms with E-state index in [2.05, 4.69) is 81.5 Å². The second-order valence-electron chi connectivity index (χ2n) is 8.70. The second-order valence-corrected chi connectivity index (χ2v) is 9.09. The first-order chi connectivity index (χ1) is 15.2. The Morgan fingerprint density at radius 3 is 2.55 bits per heavy atom. The van der Waals surface area contributed by atoms with Gasteiger partial charge in [0.05, 0.1) is 17.8 Å². The van der Waals surface area contributed by atoms with E-state index < -0.39 is 0 Å². The Morgan fingerprint density at radius 1 is 1.03 bits per heavy atom. The van der Waals surface area contributed by atoms with Gasteiger partial charge in [0, 0.05) is 30.3 Å². The minimum Gasteiger partial charge on any atom is -0.351 e. The molecule has 0 radical (unpaired) electrons. The zero-order chi connectivity index (χ0) is 21.2. The van der Waals surface area contributed by atoms with E-state index in [-0.39, 0.29) is 12.1 Å². The summed E-state index contributed by atoms with van der Waals surface area (Å²) in [6.07, 6.45) is 14.1. The van der Waals surface area contributed by atoms with Gasteiger partial charge in [-0.3, -0.25) is 4.98 Å². The molecule has 1 saturated carbocycles. The lowest BCUT2D eigenvalue weighted by atomic mass is 9.95. The van der Waals surface area contributed by atoms with Crippen LogP contribution in [0.3, 0.4) is 0 Å². The lowest BCUT2D eigenvalue weighted by Gasteiger charge is -2.28. The van der Waals surface area contributed by atoms with E-state index in [0.717, 1.165) is 22.9 Å². The Labute approximate surface area is 190 Å². The zero-order valence-corrected chi connectivity index (χ0v) is 18.9. The summed E-state index contributed by atoms with van der Waals surface area (Å²) in [5.41, 5.74) is 4.77. The number of nitrogens with zero attached hydrogens (tertiary/aromatic N) is 3. The Morgan fingerprint density at radius 2 is 1.84 bits per heavy atom. The number of thiocarbonyl (C=S) groups is 1. The fourth-order valence-corrected chi connectivity index (χ4v) is 5.42. The smallest absolute Gasteiger partial charge is 0.174 e. The van der Waals surface area contributed by atoms with Crippen LogP contribution in [0.5, 0.6) is 0 Å². The molecule has 1 aliphatic heterocycles. The summed E-state index contributed by atoms with van der Waals surface area (Å²) < 4.78 is 2.43. The van der Waals surface area contributed by atoms with Gasteiger partial charge in [0.2, 0.25) is 0 Å². The van der Waals surface area contributed by atoms with Crippen molar-refractivity contribution in [2.24, 2.45) is 0 Å². The Bertz CT molecular complexity index is 1020. The molecule has 4 nitrogen and oxygen atoms in total. The van der Waals surface area contributed by atoms with E-state index in [4.69, 9.17) is 12.2 Å². The molecule has 0 amide bonds. The highest BCUT2D eigenvalue weighted by molar-refractivity contribution is 7.80. The second kappa shape index (κ2) is 8.83. The number of benzene rings is 1. The molecule has 1 aromatic carbocycles. The Hall–Kier alpha value is -2.66. The lowest BCUT2D eigenvalue weighted by molar-refractivity contribution is 0.353. The van der Waals surface area contributed by atoms with Crippen molar-refractivity contribution in [1.29, 1.82) is 0 Å². The molecular formula is C26H30N4S. The lowest BCUT2D eigenvalue weighted by Crippen LogP contribution is -2.29. The van der Waals surface area contributed by atoms with E-state index in [0.29, 0.717) is 6.04 Å². The standard InChI is InChI=1S/C26H30N4S/c1-2-19-11-13-22(14-12-19)30-25(24(28-26(30)31)23-10-6-7-16-27-23)20-15-17-29(18-20)21-8-4-3-5-9-21/h6-7,10-18,21,24-25H,2-5,8-9H2,1H3,(H,28,31). The van der Waals surface area contributed by atoms with Gasteiger partial charge < -0.3 is 14.8 Å². The van der Waals surface area contributed by atoms with E-state index in [1.165, 1.54) is 43.2 Å². The van der Waals surface area contributed by atoms with Gasteiger partial charge in [0.15, 0.2) is 5.11 Å². The Balaban J connectivity index is 1.53. The summed E-state index contributed by atoms with van der Waals surface area (Å²) in [6, 6.07) is 17.9. The van der Waals surface area contributed by atoms with Gasteiger partial charge in [0.1, 0.15) is 0 Å². The van der Waals surface area contributed by atoms with Gasteiger partial charge in [-0.25, -0.2) is 0 Å². The van der Waals surface area contributed by atoms with Crippen LogP contribution in [0.15, 0.2) is 67.1 Å². The van der Waals surface area contributed by atoms with Crippen molar-refractivity contribution in [3.63, 3.8) is 0 Å². The van der Waals surface area contributed by atoms with Crippen LogP contribution in [0.25, 0.3) is 0 Å². The summed E-state index contributed by atoms with van der Waals surface area (Å²) in [6.45, 7) is 2.19. The molecule has 2 aromatic heterocycles. The van der Waals surface area contributed by atoms with Gasteiger partial charge >= 0.3 is 0 Å². The number of hydrogen-bond donors (Lipinski definition) is 1. The molecule has 2 fully saturated rings. The van der Waals surface area contributed by atoms with Crippen LogP contribution in [-0.2, 0) is 6.42 Å². The van der Waals surface area contributed by atoms with Crippen LogP contribution in [-0.4, -0.2) is 14.7 Å². The van der Waals surface area contributed by atoms with Crippen LogP contribution >= 0.6 is 12.2 Å². The fraction of sp³-hybridized carbons (Fsp3) is 0.385. The summed E-state index contributed by atoms with van der Waals surface area (Å²) in [4.78, 5) is 6.94. The van der Waals surface area contributed by atoms with Crippen LogP contribution in [0.4, 0.5) is 5.69 Å². The number of nitrogens with one attached hydrogen (secondary N) is 1. The molecular weight excluding hydrogens is 400 g/mol. The molecule has 2 atom stereocenters. The number of pyridine rings is 1. The van der Waals surface area contributed by atoms with Crippen LogP contribution < -0.4 is 10.2 Å². The molecule has 3 aromatic rings. The maximum Gasteiger partial charge on any atom is 0.174 e. The predicted molar refractivity (Wildman–Crippen MR) is 130 cm³/mol. The molecule has 2 aliphatic rings. The molecule has 0 spiro atoms. The maximum absolute atomic E-state index is 5.85. The van der Waals surface area contributed by atoms with E-state index >= 15 is 0 Å². The third-order valence-electron chi connectivity index (χ3n) is 6.80. The minimum atomic E-state index is 0.0155. The minimum absolute atomic E-state index is 0.0155. The first-order valence-corrected chi connectivity index (χ1v) is 11.9. The third kappa shape index (κ3) is 3.99. The van der Waals surface area contributed by atoms with Gasteiger partial charge in [-0.2, -0.15) is 0 Å². The highest BCUT2D eigenvalue weighted by Crippen LogP contribution is 2.42. The predicted octanol–water partition coefficient (Wildman–Crippen LogP) is 6.13. The quantitative estimate of drug-likeness (QED) is 0.494. The number of aryl methyl sites for hydroxylation is 1. The average Bonchev–Trinajstić information content (AvgIpc) is 3.45. The van der Waals surface area contributed by atoms with Crippen LogP contribution in [0.2, 0.25) is 0 Å². The first kappa shape index (κ1) is 20.3. The topological polar surface area (TPSA) is 33.1 Å². The van der Waals surface area contributed by atoms with E-state index in [1.54, 1.807) is 0 Å². The van der Waals surface area contributed by atoms with Crippen LogP contribution in [0, 0.1) is 0 Å². The van der Waals surface area contributed by atoms with Gasteiger partial charge in [-0.05, 0) is 72.9 Å². The Kier molecular flexibility index (Phi) is 5.77. The summed E-state index contributed by atoms with van der Waals surface area (Å²) in [5, 5.41) is 4.33. The molecule has 2 unspecified atom stereocenters. The van der Waals surface area contributed by atoms with E-state index in [1.807, 2.05) is 12.3 Å². The molecule has 31 heavy (non-hydrogen) atoms. The molecule has 1 N–H and O–H groups in total. The first-order valence-electron chi connectivity index (χ1n) is 11.5. The van der Waals surface area contributed by atoms with Crippen molar-refractivity contribution < 1.29 is 0 Å². The van der Waals surface area contributed by atoms with Gasteiger partial charge in [-0.1, -0.05) is 44.4 Å². The number of anilines is 1. The maximum atomic E-state index is 5.85. The number of hydrogen-bond acceptors (Lipinski definition) is 2. The monoisotopic (exact) mass is 430 g/mol. The number of aromatic nitrogens is 2. The SMILES string of the molecule is CCc1ccc(N2C(=S)NC(c3ccccn3)C2c2ccn(C3CCCCC3)c2)cc1. The molecule has 160 valence electrons. The largest absolute Gasteiger partial charge is 0.351 e. The molecule has 1 aliphatic carbocycles. The zero-order valence-electron chi connectivity index (χ0n) is 18.1. The molecule has 3 heterocycles. The van der Waals surface area contributed by atoms with Crippen molar-refractivity contribution in [3.05, 3.63) is 83.9 Å². The highest BCUT2D eigenvalue weighted by atomic mass is 32.1. The summed E-state index contributed by atoms with van der Waals surface area (Å²) >= 11 is 5.85. The normalized spacial score (nSPS) is 22.0. The van der Waals surface area contributed by atoms with Crippen molar-refractivity contribution in [1.82, 2.24) is 14.9 Å². The molecule has 0 bridgehead atoms. The molecule has 1 saturated heterocycles.